The molecule has 0 amide bonds. The van der Waals surface area contributed by atoms with Crippen molar-refractivity contribution in [3.8, 4) is 0 Å². The minimum atomic E-state index is -4.10. The minimum absolute atomic E-state index is 0.0231. The number of alkyl halides is 2. The SMILES string of the molecule is CCN(C(C)C)C(C)C.ClCCl.Nc1cc2c(cn1)cnn2S(=O)(=O)c1ccc(F)cc1.O=C(Cc1cc2c(cn1)cnn2S(=O)(=O)c1ccc(F)cc1)c1c(F)cccc1Cl.O=C(Cl)c1c(F)cccc1Cl. The summed E-state index contributed by atoms with van der Waals surface area (Å²) in [5.74, 6) is -2.94. The molecular weight excluding hydrogens is 1100 g/mol. The molecule has 4 aromatic carbocycles. The lowest BCUT2D eigenvalue weighted by atomic mass is 10.1. The highest BCUT2D eigenvalue weighted by Gasteiger charge is 2.24. The average Bonchev–Trinajstić information content (AvgIpc) is 3.95. The minimum Gasteiger partial charge on any atom is -0.384 e. The fourth-order valence-electron chi connectivity index (χ4n) is 6.77. The number of nitrogens with zero attached hydrogens (tertiary/aromatic N) is 7. The molecule has 4 aromatic heterocycles. The van der Waals surface area contributed by atoms with Crippen molar-refractivity contribution in [3.05, 3.63) is 172 Å². The Morgan fingerprint density at radius 3 is 1.42 bits per heavy atom. The molecule has 14 nitrogen and oxygen atoms in total. The summed E-state index contributed by atoms with van der Waals surface area (Å²) < 4.78 is 105. The maximum absolute atomic E-state index is 14.0. The van der Waals surface area contributed by atoms with Gasteiger partial charge in [-0.1, -0.05) is 42.3 Å². The summed E-state index contributed by atoms with van der Waals surface area (Å²) in [4.78, 5) is 33.3. The largest absolute Gasteiger partial charge is 0.384 e. The van der Waals surface area contributed by atoms with Crippen LogP contribution in [0.1, 0.15) is 61.0 Å². The monoisotopic (exact) mass is 1140 g/mol. The van der Waals surface area contributed by atoms with Gasteiger partial charge in [-0.25, -0.2) is 22.5 Å². The van der Waals surface area contributed by atoms with E-state index in [1.807, 2.05) is 0 Å². The molecule has 8 aromatic rings. The van der Waals surface area contributed by atoms with Gasteiger partial charge in [-0.2, -0.15) is 35.2 Å². The smallest absolute Gasteiger partial charge is 0.283 e. The standard InChI is InChI=1S/C20H12ClF2N3O3S.C12H9FN4O2S.C8H19N.C7H3Cl2FO.CH2Cl2/c21-16-2-1-3-17(23)20(16)19(27)9-14-8-18-12(10-24-14)11-25-26(18)30(28,29)15-6-4-13(22)5-7-15;13-9-1-3-10(4-2-9)20(18,19)17-11-5-12(14)15-6-8(11)7-16-17;1-6-9(7(2)3)8(4)5;8-4-2-1-3-5(10)6(4)7(9)11;2-1-3/h1-8,10-11H,9H2;1-7H,(H2,14,15);7-8H,6H2,1-5H3;1-3H;1H2. The first-order chi connectivity index (χ1) is 34.4. The molecule has 0 saturated carbocycles. The first-order valence-electron chi connectivity index (χ1n) is 21.3. The van der Waals surface area contributed by atoms with Gasteiger partial charge >= 0.3 is 0 Å². The zero-order valence-corrected chi connectivity index (χ0v) is 44.6. The van der Waals surface area contributed by atoms with Gasteiger partial charge in [0.1, 0.15) is 29.1 Å². The van der Waals surface area contributed by atoms with Crippen molar-refractivity contribution in [1.82, 2.24) is 33.2 Å². The van der Waals surface area contributed by atoms with E-state index in [1.165, 1.54) is 73.3 Å². The highest BCUT2D eigenvalue weighted by molar-refractivity contribution is 7.90. The molecule has 0 aliphatic carbocycles. The molecule has 0 aliphatic heterocycles. The lowest BCUT2D eigenvalue weighted by Crippen LogP contribution is -2.36. The van der Waals surface area contributed by atoms with Crippen LogP contribution in [0.2, 0.25) is 10.0 Å². The Morgan fingerprint density at radius 2 is 1.05 bits per heavy atom. The zero-order valence-electron chi connectivity index (χ0n) is 39.2. The fourth-order valence-corrected chi connectivity index (χ4v) is 10.1. The van der Waals surface area contributed by atoms with Crippen LogP contribution in [0.15, 0.2) is 132 Å². The molecule has 2 N–H and O–H groups in total. The second-order valence-corrected chi connectivity index (χ2v) is 21.0. The Bertz CT molecular complexity index is 3360. The van der Waals surface area contributed by atoms with E-state index in [4.69, 9.17) is 63.7 Å². The van der Waals surface area contributed by atoms with Crippen LogP contribution in [-0.4, -0.2) is 85.1 Å². The summed E-state index contributed by atoms with van der Waals surface area (Å²) in [6, 6.07) is 20.9. The predicted molar refractivity (Wildman–Crippen MR) is 278 cm³/mol. The van der Waals surface area contributed by atoms with Gasteiger partial charge in [-0.3, -0.25) is 19.5 Å². The van der Waals surface area contributed by atoms with E-state index in [9.17, 15) is 44.0 Å². The molecule has 0 spiro atoms. The number of ketones is 1. The van der Waals surface area contributed by atoms with Crippen molar-refractivity contribution >= 4 is 117 Å². The molecule has 8 rings (SSSR count). The number of carbonyl (C=O) groups is 2. The number of rotatable bonds is 11. The van der Waals surface area contributed by atoms with Crippen molar-refractivity contribution in [1.29, 1.82) is 0 Å². The van der Waals surface area contributed by atoms with Crippen LogP contribution in [-0.2, 0) is 26.5 Å². The molecule has 0 fully saturated rings. The molecule has 0 atom stereocenters. The maximum Gasteiger partial charge on any atom is 0.283 e. The molecule has 25 heteroatoms. The third-order valence-electron chi connectivity index (χ3n) is 10.0. The van der Waals surface area contributed by atoms with Gasteiger partial charge in [0.15, 0.2) is 5.78 Å². The molecule has 0 unspecified atom stereocenters. The summed E-state index contributed by atoms with van der Waals surface area (Å²) in [6.07, 6.45) is 5.20. The highest BCUT2D eigenvalue weighted by Crippen LogP contribution is 2.25. The fraction of sp³-hybridized carbons (Fsp3) is 0.208. The van der Waals surface area contributed by atoms with Crippen molar-refractivity contribution < 1.29 is 44.0 Å². The third kappa shape index (κ3) is 15.7. The molecule has 0 bridgehead atoms. The van der Waals surface area contributed by atoms with Crippen molar-refractivity contribution in [3.63, 3.8) is 0 Å². The van der Waals surface area contributed by atoms with E-state index in [2.05, 4.69) is 59.7 Å². The van der Waals surface area contributed by atoms with Crippen LogP contribution < -0.4 is 5.73 Å². The van der Waals surface area contributed by atoms with Gasteiger partial charge in [0.25, 0.3) is 25.3 Å². The van der Waals surface area contributed by atoms with Gasteiger partial charge in [0.2, 0.25) is 0 Å². The Balaban J connectivity index is 0.000000230. The highest BCUT2D eigenvalue weighted by atomic mass is 35.5. The number of carbonyl (C=O) groups excluding carboxylic acids is 2. The van der Waals surface area contributed by atoms with E-state index in [0.29, 0.717) is 28.4 Å². The van der Waals surface area contributed by atoms with E-state index >= 15 is 0 Å². The van der Waals surface area contributed by atoms with E-state index < -0.39 is 54.3 Å². The Labute approximate surface area is 443 Å². The number of Topliss-reactive ketones (excluding diaryl/α,β-unsaturated/α-hetero) is 1. The van der Waals surface area contributed by atoms with Crippen molar-refractivity contribution in [2.45, 2.75) is 62.9 Å². The second kappa shape index (κ2) is 27.0. The molecule has 0 saturated heterocycles. The van der Waals surface area contributed by atoms with Crippen LogP contribution in [0.3, 0.4) is 0 Å². The van der Waals surface area contributed by atoms with E-state index in [0.717, 1.165) is 63.2 Å². The van der Waals surface area contributed by atoms with Gasteiger partial charge < -0.3 is 5.73 Å². The van der Waals surface area contributed by atoms with E-state index in [1.54, 1.807) is 0 Å². The third-order valence-corrected chi connectivity index (χ3v) is 14.1. The molecule has 0 aliphatic rings. The predicted octanol–water partition coefficient (Wildman–Crippen LogP) is 11.8. The van der Waals surface area contributed by atoms with Crippen LogP contribution in [0, 0.1) is 23.3 Å². The Morgan fingerprint density at radius 1 is 0.644 bits per heavy atom. The van der Waals surface area contributed by atoms with Gasteiger partial charge in [0, 0.05) is 41.3 Å². The molecule has 4 heterocycles. The quantitative estimate of drug-likeness (QED) is 0.0558. The summed E-state index contributed by atoms with van der Waals surface area (Å²) in [7, 11) is -8.00. The molecule has 388 valence electrons. The number of benzene rings is 4. The number of hydrogen-bond donors (Lipinski definition) is 1. The van der Waals surface area contributed by atoms with Crippen LogP contribution >= 0.6 is 58.0 Å². The number of halogens is 9. The number of nitrogens with two attached hydrogens (primary N) is 1. The maximum atomic E-state index is 14.0. The lowest BCUT2D eigenvalue weighted by Gasteiger charge is -2.28. The van der Waals surface area contributed by atoms with Crippen molar-refractivity contribution in [2.24, 2.45) is 0 Å². The normalized spacial score (nSPS) is 11.2. The van der Waals surface area contributed by atoms with Crippen LogP contribution in [0.4, 0.5) is 23.4 Å². The number of pyridine rings is 2. The van der Waals surface area contributed by atoms with Gasteiger partial charge in [-0.05, 0) is 125 Å². The zero-order chi connectivity index (χ0) is 54.4. The second-order valence-electron chi connectivity index (χ2n) is 15.5. The van der Waals surface area contributed by atoms with Gasteiger partial charge in [0.05, 0.1) is 71.8 Å². The average molecular weight is 1150 g/mol. The number of anilines is 1. The molecule has 73 heavy (non-hydrogen) atoms. The lowest BCUT2D eigenvalue weighted by molar-refractivity contribution is 0.0987. The van der Waals surface area contributed by atoms with Crippen molar-refractivity contribution in [2.75, 3.05) is 17.6 Å². The Kier molecular flexibility index (Phi) is 22.1. The van der Waals surface area contributed by atoms with Gasteiger partial charge in [-0.15, -0.1) is 23.2 Å². The number of nitrogen functional groups attached to an aromatic ring is 1. The first kappa shape index (κ1) is 59.8. The number of hydrogen-bond acceptors (Lipinski definition) is 12. The first-order valence-corrected chi connectivity index (χ1v) is 26.4. The van der Waals surface area contributed by atoms with Crippen LogP contribution in [0.25, 0.3) is 21.8 Å². The topological polar surface area (TPSA) is 193 Å². The summed E-state index contributed by atoms with van der Waals surface area (Å²) in [5.41, 5.74) is 5.74. The number of fused-ring (bicyclic) bond motifs is 2. The van der Waals surface area contributed by atoms with E-state index in [-0.39, 0.29) is 59.8 Å². The molecule has 0 radical (unpaired) electrons. The summed E-state index contributed by atoms with van der Waals surface area (Å²) in [5, 5.41) is 8.03. The van der Waals surface area contributed by atoms with Crippen LogP contribution in [0.5, 0.6) is 0 Å². The number of aromatic nitrogens is 6. The Hall–Kier alpha value is -5.71. The summed E-state index contributed by atoms with van der Waals surface area (Å²) in [6.45, 7) is 12.3. The molecular formula is C48H45Cl5F4N8O6S2. The summed E-state index contributed by atoms with van der Waals surface area (Å²) >= 11 is 26.0.